The first-order valence-corrected chi connectivity index (χ1v) is 13.4. The van der Waals surface area contributed by atoms with Gasteiger partial charge in [0.05, 0.1) is 19.0 Å². The number of benzene rings is 3. The van der Waals surface area contributed by atoms with Crippen molar-refractivity contribution in [3.05, 3.63) is 102 Å². The molecule has 0 aliphatic carbocycles. The Labute approximate surface area is 239 Å². The summed E-state index contributed by atoms with van der Waals surface area (Å²) < 4.78 is 0. The predicted octanol–water partition coefficient (Wildman–Crippen LogP) is 1.27. The van der Waals surface area contributed by atoms with Gasteiger partial charge in [0.2, 0.25) is 23.6 Å². The van der Waals surface area contributed by atoms with Crippen molar-refractivity contribution in [2.45, 2.75) is 44.4 Å². The molecule has 0 aromatic heterocycles. The van der Waals surface area contributed by atoms with Crippen molar-refractivity contribution in [3.8, 4) is 5.75 Å². The van der Waals surface area contributed by atoms with Gasteiger partial charge in [0, 0.05) is 13.5 Å². The summed E-state index contributed by atoms with van der Waals surface area (Å²) in [5, 5.41) is 17.5. The fraction of sp³-hybridized carbons (Fsp3) is 0.290. The van der Waals surface area contributed by atoms with E-state index >= 15 is 0 Å². The maximum absolute atomic E-state index is 13.3. The number of nitrogens with two attached hydrogens (primary N) is 1. The molecule has 0 saturated carbocycles. The van der Waals surface area contributed by atoms with Gasteiger partial charge in [-0.25, -0.2) is 0 Å². The molecule has 216 valence electrons. The van der Waals surface area contributed by atoms with Crippen LogP contribution in [0.15, 0.2) is 84.9 Å². The lowest BCUT2D eigenvalue weighted by Crippen LogP contribution is -2.57. The fourth-order valence-electron chi connectivity index (χ4n) is 4.20. The third-order valence-corrected chi connectivity index (χ3v) is 6.53. The van der Waals surface area contributed by atoms with Crippen LogP contribution in [0.3, 0.4) is 0 Å². The predicted molar refractivity (Wildman–Crippen MR) is 155 cm³/mol. The van der Waals surface area contributed by atoms with Crippen LogP contribution in [0.2, 0.25) is 0 Å². The molecule has 3 rings (SSSR count). The molecule has 0 aliphatic heterocycles. The maximum Gasteiger partial charge on any atom is 0.246 e. The summed E-state index contributed by atoms with van der Waals surface area (Å²) >= 11 is 0. The number of phenols is 1. The monoisotopic (exact) mass is 559 g/mol. The van der Waals surface area contributed by atoms with Crippen molar-refractivity contribution in [2.75, 3.05) is 13.6 Å². The van der Waals surface area contributed by atoms with Crippen molar-refractivity contribution in [1.29, 1.82) is 0 Å². The molecule has 0 bridgehead atoms. The Morgan fingerprint density at radius 1 is 0.780 bits per heavy atom. The summed E-state index contributed by atoms with van der Waals surface area (Å²) in [6.45, 7) is 1.30. The highest BCUT2D eigenvalue weighted by molar-refractivity contribution is 5.90. The zero-order valence-corrected chi connectivity index (χ0v) is 23.2. The zero-order chi connectivity index (χ0) is 29.8. The van der Waals surface area contributed by atoms with Crippen LogP contribution < -0.4 is 21.7 Å². The minimum absolute atomic E-state index is 0.112. The van der Waals surface area contributed by atoms with Crippen LogP contribution in [0.5, 0.6) is 5.75 Å². The Hall–Kier alpha value is -4.70. The van der Waals surface area contributed by atoms with Gasteiger partial charge in [0.1, 0.15) is 18.0 Å². The third kappa shape index (κ3) is 10.1. The molecule has 10 heteroatoms. The first-order valence-electron chi connectivity index (χ1n) is 13.4. The summed E-state index contributed by atoms with van der Waals surface area (Å²) in [4.78, 5) is 52.5. The largest absolute Gasteiger partial charge is 0.508 e. The lowest BCUT2D eigenvalue weighted by atomic mass is 10.1. The van der Waals surface area contributed by atoms with E-state index in [9.17, 15) is 24.3 Å². The van der Waals surface area contributed by atoms with E-state index in [-0.39, 0.29) is 31.0 Å². The van der Waals surface area contributed by atoms with Crippen LogP contribution in [0.25, 0.3) is 0 Å². The molecule has 0 aliphatic rings. The second-order valence-electron chi connectivity index (χ2n) is 9.87. The molecule has 0 fully saturated rings. The lowest BCUT2D eigenvalue weighted by molar-refractivity contribution is -0.138. The molecule has 6 N–H and O–H groups in total. The van der Waals surface area contributed by atoms with E-state index < -0.39 is 36.0 Å². The van der Waals surface area contributed by atoms with E-state index in [1.54, 1.807) is 26.1 Å². The summed E-state index contributed by atoms with van der Waals surface area (Å²) in [6, 6.07) is 23.1. The number of hydrogen-bond acceptors (Lipinski definition) is 6. The lowest BCUT2D eigenvalue weighted by Gasteiger charge is -2.31. The quantitative estimate of drug-likeness (QED) is 0.199. The van der Waals surface area contributed by atoms with Gasteiger partial charge in [0.15, 0.2) is 0 Å². The van der Waals surface area contributed by atoms with Crippen LogP contribution >= 0.6 is 0 Å². The van der Waals surface area contributed by atoms with E-state index in [1.807, 2.05) is 60.7 Å². The van der Waals surface area contributed by atoms with Crippen molar-refractivity contribution < 1.29 is 24.3 Å². The smallest absolute Gasteiger partial charge is 0.246 e. The van der Waals surface area contributed by atoms with Crippen LogP contribution in [0, 0.1) is 0 Å². The second-order valence-corrected chi connectivity index (χ2v) is 9.87. The number of amides is 4. The maximum atomic E-state index is 13.3. The van der Waals surface area contributed by atoms with Gasteiger partial charge in [-0.3, -0.25) is 19.2 Å². The highest BCUT2D eigenvalue weighted by Crippen LogP contribution is 2.12. The molecule has 0 unspecified atom stereocenters. The Balaban J connectivity index is 1.59. The van der Waals surface area contributed by atoms with E-state index in [0.29, 0.717) is 6.42 Å². The molecular formula is C31H37N5O5. The number of hydrogen-bond donors (Lipinski definition) is 5. The van der Waals surface area contributed by atoms with Crippen molar-refractivity contribution >= 4 is 23.6 Å². The number of aromatic hydroxyl groups is 1. The summed E-state index contributed by atoms with van der Waals surface area (Å²) in [5.74, 6) is -1.57. The number of rotatable bonds is 13. The van der Waals surface area contributed by atoms with E-state index in [1.165, 1.54) is 17.0 Å². The van der Waals surface area contributed by atoms with Gasteiger partial charge in [-0.05, 0) is 42.2 Å². The van der Waals surface area contributed by atoms with E-state index in [0.717, 1.165) is 16.7 Å². The van der Waals surface area contributed by atoms with Crippen molar-refractivity contribution in [2.24, 2.45) is 5.73 Å². The van der Waals surface area contributed by atoms with Crippen LogP contribution in [0.4, 0.5) is 0 Å². The number of carbonyl (C=O) groups is 4. The molecular weight excluding hydrogens is 522 g/mol. The molecule has 4 amide bonds. The molecule has 0 spiro atoms. The van der Waals surface area contributed by atoms with Gasteiger partial charge in [0.25, 0.3) is 0 Å². The van der Waals surface area contributed by atoms with Gasteiger partial charge >= 0.3 is 0 Å². The fourth-order valence-corrected chi connectivity index (χ4v) is 4.20. The second kappa shape index (κ2) is 15.2. The summed E-state index contributed by atoms with van der Waals surface area (Å²) in [7, 11) is 1.54. The number of phenolic OH excluding ortho intramolecular Hbond substituents is 1. The van der Waals surface area contributed by atoms with Gasteiger partial charge < -0.3 is 31.7 Å². The molecule has 0 saturated heterocycles. The molecule has 10 nitrogen and oxygen atoms in total. The zero-order valence-electron chi connectivity index (χ0n) is 23.2. The number of carbonyl (C=O) groups excluding carboxylic acids is 4. The van der Waals surface area contributed by atoms with E-state index in [4.69, 9.17) is 5.73 Å². The van der Waals surface area contributed by atoms with Gasteiger partial charge in [-0.15, -0.1) is 0 Å². The number of nitrogens with one attached hydrogen (secondary N) is 3. The Morgan fingerprint density at radius 2 is 1.34 bits per heavy atom. The third-order valence-electron chi connectivity index (χ3n) is 6.53. The first kappa shape index (κ1) is 30.8. The van der Waals surface area contributed by atoms with Gasteiger partial charge in [-0.2, -0.15) is 0 Å². The average Bonchev–Trinajstić information content (AvgIpc) is 2.97. The summed E-state index contributed by atoms with van der Waals surface area (Å²) in [5.41, 5.74) is 8.54. The number of likely N-dealkylation sites (N-methyl/N-ethyl adjacent to an activating group) is 1. The Kier molecular flexibility index (Phi) is 11.4. The highest BCUT2D eigenvalue weighted by atomic mass is 16.3. The number of nitrogens with zero attached hydrogens (tertiary/aromatic N) is 1. The SMILES string of the molecule is C[C@@H](NC(=O)[C@@H](N)Cc1ccc(O)cc1)C(=O)N(C)[C@@H](Cc1ccccc1)NC(=O)CNC(=O)Cc1ccccc1. The van der Waals surface area contributed by atoms with E-state index in [2.05, 4.69) is 16.0 Å². The topological polar surface area (TPSA) is 154 Å². The average molecular weight is 560 g/mol. The summed E-state index contributed by atoms with van der Waals surface area (Å²) in [6.07, 6.45) is -0.0563. The Morgan fingerprint density at radius 3 is 1.95 bits per heavy atom. The minimum Gasteiger partial charge on any atom is -0.508 e. The van der Waals surface area contributed by atoms with Crippen LogP contribution in [-0.4, -0.2) is 65.5 Å². The van der Waals surface area contributed by atoms with Crippen LogP contribution in [-0.2, 0) is 38.4 Å². The molecule has 0 radical (unpaired) electrons. The molecule has 3 aromatic carbocycles. The highest BCUT2D eigenvalue weighted by Gasteiger charge is 2.28. The molecule has 0 heterocycles. The molecule has 41 heavy (non-hydrogen) atoms. The standard InChI is InChI=1S/C31H37N5O5/c1-21(34-30(40)26(32)17-24-13-15-25(37)16-14-24)31(41)36(2)27(18-22-9-5-3-6-10-22)35-29(39)20-33-28(38)19-23-11-7-4-8-12-23/h3-16,21,26-27,37H,17-20,32H2,1-2H3,(H,33,38)(H,34,40)(H,35,39)/t21-,26+,27+/m1/s1. The van der Waals surface area contributed by atoms with Gasteiger partial charge in [-0.1, -0.05) is 72.8 Å². The molecule has 3 aromatic rings. The minimum atomic E-state index is -0.917. The first-order chi connectivity index (χ1) is 19.6. The molecule has 3 atom stereocenters. The van der Waals surface area contributed by atoms with Crippen molar-refractivity contribution in [3.63, 3.8) is 0 Å². The van der Waals surface area contributed by atoms with Crippen molar-refractivity contribution in [1.82, 2.24) is 20.9 Å². The normalized spacial score (nSPS) is 12.9. The van der Waals surface area contributed by atoms with Crippen LogP contribution in [0.1, 0.15) is 23.6 Å². The Bertz CT molecular complexity index is 1300.